The zero-order valence-electron chi connectivity index (χ0n) is 12.8. The predicted molar refractivity (Wildman–Crippen MR) is 86.2 cm³/mol. The maximum absolute atomic E-state index is 6.14. The van der Waals surface area contributed by atoms with E-state index < -0.39 is 0 Å². The lowest BCUT2D eigenvalue weighted by molar-refractivity contribution is 0.582. The maximum atomic E-state index is 6.14. The van der Waals surface area contributed by atoms with Crippen molar-refractivity contribution in [1.29, 1.82) is 0 Å². The van der Waals surface area contributed by atoms with Gasteiger partial charge in [-0.3, -0.25) is 0 Å². The van der Waals surface area contributed by atoms with Gasteiger partial charge in [0.05, 0.1) is 0 Å². The molecule has 0 atom stereocenters. The number of nitrogens with zero attached hydrogens (tertiary/aromatic N) is 1. The first kappa shape index (κ1) is 16.3. The largest absolute Gasteiger partial charge is 0.371 e. The van der Waals surface area contributed by atoms with Gasteiger partial charge in [0, 0.05) is 36.4 Å². The number of anilines is 1. The molecule has 0 spiro atoms. The van der Waals surface area contributed by atoms with E-state index in [9.17, 15) is 0 Å². The highest BCUT2D eigenvalue weighted by Crippen LogP contribution is 2.25. The first-order chi connectivity index (χ1) is 8.93. The first-order valence-corrected chi connectivity index (χ1v) is 7.58. The van der Waals surface area contributed by atoms with E-state index in [0.29, 0.717) is 12.0 Å². The van der Waals surface area contributed by atoms with Crippen LogP contribution in [0.15, 0.2) is 18.2 Å². The summed E-state index contributed by atoms with van der Waals surface area (Å²) in [5, 5.41) is 4.29. The molecule has 3 heteroatoms. The third kappa shape index (κ3) is 5.42. The Morgan fingerprint density at radius 3 is 2.42 bits per heavy atom. The summed E-state index contributed by atoms with van der Waals surface area (Å²) in [6.07, 6.45) is 0. The molecule has 1 aromatic rings. The number of rotatable bonds is 7. The fourth-order valence-electron chi connectivity index (χ4n) is 2.16. The zero-order chi connectivity index (χ0) is 14.4. The van der Waals surface area contributed by atoms with Gasteiger partial charge in [0.15, 0.2) is 0 Å². The van der Waals surface area contributed by atoms with Crippen LogP contribution in [0.3, 0.4) is 0 Å². The summed E-state index contributed by atoms with van der Waals surface area (Å²) in [5.74, 6) is 0.654. The Bertz CT molecular complexity index is 388. The van der Waals surface area contributed by atoms with Crippen molar-refractivity contribution < 1.29 is 0 Å². The van der Waals surface area contributed by atoms with E-state index in [-0.39, 0.29) is 0 Å². The highest BCUT2D eigenvalue weighted by molar-refractivity contribution is 6.30. The Morgan fingerprint density at radius 2 is 1.89 bits per heavy atom. The smallest absolute Gasteiger partial charge is 0.0412 e. The third-order valence-corrected chi connectivity index (χ3v) is 3.29. The average molecular weight is 283 g/mol. The zero-order valence-corrected chi connectivity index (χ0v) is 13.6. The van der Waals surface area contributed by atoms with Crippen LogP contribution in [0.2, 0.25) is 5.02 Å². The molecule has 0 aliphatic carbocycles. The van der Waals surface area contributed by atoms with Gasteiger partial charge in [0.1, 0.15) is 0 Å². The second-order valence-corrected chi connectivity index (χ2v) is 6.18. The van der Waals surface area contributed by atoms with Gasteiger partial charge in [-0.2, -0.15) is 0 Å². The van der Waals surface area contributed by atoms with Crippen molar-refractivity contribution in [2.75, 3.05) is 18.0 Å². The van der Waals surface area contributed by atoms with E-state index in [2.05, 4.69) is 57.0 Å². The molecule has 0 saturated heterocycles. The molecule has 0 aliphatic rings. The molecule has 0 unspecified atom stereocenters. The van der Waals surface area contributed by atoms with Crippen LogP contribution in [0.5, 0.6) is 0 Å². The number of halogens is 1. The van der Waals surface area contributed by atoms with Gasteiger partial charge in [-0.1, -0.05) is 39.3 Å². The Kier molecular flexibility index (Phi) is 6.67. The lowest BCUT2D eigenvalue weighted by Gasteiger charge is -2.28. The molecule has 108 valence electrons. The Morgan fingerprint density at radius 1 is 1.21 bits per heavy atom. The summed E-state index contributed by atoms with van der Waals surface area (Å²) in [7, 11) is 0. The van der Waals surface area contributed by atoms with Gasteiger partial charge in [0.2, 0.25) is 0 Å². The summed E-state index contributed by atoms with van der Waals surface area (Å²) in [5.41, 5.74) is 2.58. The quantitative estimate of drug-likeness (QED) is 0.801. The maximum Gasteiger partial charge on any atom is 0.0412 e. The molecule has 0 heterocycles. The van der Waals surface area contributed by atoms with Crippen LogP contribution in [-0.4, -0.2) is 19.1 Å². The van der Waals surface area contributed by atoms with Gasteiger partial charge in [-0.05, 0) is 36.6 Å². The highest BCUT2D eigenvalue weighted by Gasteiger charge is 2.12. The van der Waals surface area contributed by atoms with Gasteiger partial charge in [-0.25, -0.2) is 0 Å². The van der Waals surface area contributed by atoms with E-state index in [0.717, 1.165) is 24.7 Å². The topological polar surface area (TPSA) is 15.3 Å². The molecule has 0 saturated carbocycles. The van der Waals surface area contributed by atoms with Gasteiger partial charge < -0.3 is 10.2 Å². The summed E-state index contributed by atoms with van der Waals surface area (Å²) in [6.45, 7) is 14.0. The van der Waals surface area contributed by atoms with Crippen molar-refractivity contribution in [3.63, 3.8) is 0 Å². The van der Waals surface area contributed by atoms with Crippen LogP contribution in [0.1, 0.15) is 40.2 Å². The molecule has 19 heavy (non-hydrogen) atoms. The van der Waals surface area contributed by atoms with E-state index in [4.69, 9.17) is 11.6 Å². The van der Waals surface area contributed by atoms with Crippen LogP contribution in [0.25, 0.3) is 0 Å². The summed E-state index contributed by atoms with van der Waals surface area (Å²) in [6, 6.07) is 6.69. The summed E-state index contributed by atoms with van der Waals surface area (Å²) >= 11 is 6.14. The molecule has 0 fully saturated rings. The monoisotopic (exact) mass is 282 g/mol. The number of hydrogen-bond acceptors (Lipinski definition) is 2. The minimum absolute atomic E-state index is 0.479. The van der Waals surface area contributed by atoms with E-state index in [1.807, 2.05) is 6.07 Å². The molecule has 0 aliphatic heterocycles. The molecule has 0 aromatic heterocycles. The Labute approximate surface area is 123 Å². The molecule has 0 amide bonds. The van der Waals surface area contributed by atoms with Crippen LogP contribution < -0.4 is 10.2 Å². The molecule has 1 rings (SSSR count). The Balaban J connectivity index is 2.96. The van der Waals surface area contributed by atoms with Crippen molar-refractivity contribution in [2.24, 2.45) is 5.92 Å². The van der Waals surface area contributed by atoms with Gasteiger partial charge in [0.25, 0.3) is 0 Å². The standard InChI is InChI=1S/C16H27ClN2/c1-6-19(11-12(2)3)16-8-7-15(17)9-14(16)10-18-13(4)5/h7-9,12-13,18H,6,10-11H2,1-5H3. The van der Waals surface area contributed by atoms with Crippen molar-refractivity contribution in [1.82, 2.24) is 5.32 Å². The number of benzene rings is 1. The Hall–Kier alpha value is -0.730. The van der Waals surface area contributed by atoms with Gasteiger partial charge >= 0.3 is 0 Å². The lowest BCUT2D eigenvalue weighted by Crippen LogP contribution is -2.29. The minimum atomic E-state index is 0.479. The third-order valence-electron chi connectivity index (χ3n) is 3.05. The van der Waals surface area contributed by atoms with E-state index >= 15 is 0 Å². The molecule has 2 nitrogen and oxygen atoms in total. The van der Waals surface area contributed by atoms with Crippen molar-refractivity contribution in [3.05, 3.63) is 28.8 Å². The summed E-state index contributed by atoms with van der Waals surface area (Å²) < 4.78 is 0. The SMILES string of the molecule is CCN(CC(C)C)c1ccc(Cl)cc1CNC(C)C. The van der Waals surface area contributed by atoms with Crippen LogP contribution in [0, 0.1) is 5.92 Å². The lowest BCUT2D eigenvalue weighted by atomic mass is 10.1. The fourth-order valence-corrected chi connectivity index (χ4v) is 2.35. The number of hydrogen-bond donors (Lipinski definition) is 1. The second kappa shape index (κ2) is 7.76. The highest BCUT2D eigenvalue weighted by atomic mass is 35.5. The molecule has 1 aromatic carbocycles. The molecule has 0 radical (unpaired) electrons. The summed E-state index contributed by atoms with van der Waals surface area (Å²) in [4.78, 5) is 2.43. The van der Waals surface area contributed by atoms with Gasteiger partial charge in [-0.15, -0.1) is 0 Å². The van der Waals surface area contributed by atoms with Crippen molar-refractivity contribution in [2.45, 2.75) is 47.2 Å². The molecule has 0 bridgehead atoms. The number of nitrogens with one attached hydrogen (secondary N) is 1. The molecular weight excluding hydrogens is 256 g/mol. The normalized spacial score (nSPS) is 11.4. The van der Waals surface area contributed by atoms with Crippen LogP contribution >= 0.6 is 11.6 Å². The molecule has 1 N–H and O–H groups in total. The van der Waals surface area contributed by atoms with Crippen LogP contribution in [-0.2, 0) is 6.54 Å². The van der Waals surface area contributed by atoms with Crippen molar-refractivity contribution >= 4 is 17.3 Å². The predicted octanol–water partition coefficient (Wildman–Crippen LogP) is 4.32. The average Bonchev–Trinajstić information content (AvgIpc) is 2.33. The fraction of sp³-hybridized carbons (Fsp3) is 0.625. The minimum Gasteiger partial charge on any atom is -0.371 e. The van der Waals surface area contributed by atoms with Crippen LogP contribution in [0.4, 0.5) is 5.69 Å². The van der Waals surface area contributed by atoms with Crippen molar-refractivity contribution in [3.8, 4) is 0 Å². The molecular formula is C16H27ClN2. The first-order valence-electron chi connectivity index (χ1n) is 7.20. The van der Waals surface area contributed by atoms with E-state index in [1.165, 1.54) is 11.3 Å². The second-order valence-electron chi connectivity index (χ2n) is 5.74. The van der Waals surface area contributed by atoms with E-state index in [1.54, 1.807) is 0 Å².